The van der Waals surface area contributed by atoms with Crippen molar-refractivity contribution in [3.05, 3.63) is 46.5 Å². The third kappa shape index (κ3) is 3.66. The number of benzene rings is 1. The van der Waals surface area contributed by atoms with Crippen molar-refractivity contribution in [3.63, 3.8) is 0 Å². The van der Waals surface area contributed by atoms with Crippen LogP contribution in [0.15, 0.2) is 30.3 Å². The number of carbonyl (C=O) groups excluding carboxylic acids is 1. The highest BCUT2D eigenvalue weighted by Gasteiger charge is 2.19. The number of hydrogen-bond donors (Lipinski definition) is 1. The van der Waals surface area contributed by atoms with Crippen molar-refractivity contribution < 1.29 is 14.6 Å². The number of thiophene rings is 1. The van der Waals surface area contributed by atoms with E-state index in [0.29, 0.717) is 16.2 Å². The predicted octanol–water partition coefficient (Wildman–Crippen LogP) is 4.44. The van der Waals surface area contributed by atoms with Crippen molar-refractivity contribution in [2.45, 2.75) is 32.7 Å². The summed E-state index contributed by atoms with van der Waals surface area (Å²) in [5.41, 5.74) is 1.53. The molecule has 0 radical (unpaired) electrons. The van der Waals surface area contributed by atoms with Crippen LogP contribution >= 0.6 is 11.3 Å². The molecule has 5 nitrogen and oxygen atoms in total. The van der Waals surface area contributed by atoms with E-state index in [-0.39, 0.29) is 11.5 Å². The summed E-state index contributed by atoms with van der Waals surface area (Å²) in [5.74, 6) is 0.332. The zero-order valence-electron chi connectivity index (χ0n) is 16.4. The third-order valence-corrected chi connectivity index (χ3v) is 6.71. The summed E-state index contributed by atoms with van der Waals surface area (Å²) in [6.07, 6.45) is 3.93. The number of ketones is 1. The average molecular weight is 399 g/mol. The summed E-state index contributed by atoms with van der Waals surface area (Å²) in [7, 11) is 1.53. The highest BCUT2D eigenvalue weighted by Crippen LogP contribution is 2.33. The van der Waals surface area contributed by atoms with Crippen molar-refractivity contribution in [1.82, 2.24) is 9.47 Å². The second-order valence-electron chi connectivity index (χ2n) is 7.42. The van der Waals surface area contributed by atoms with Gasteiger partial charge in [0.1, 0.15) is 16.3 Å². The molecule has 0 atom stereocenters. The molecule has 0 spiro atoms. The van der Waals surface area contributed by atoms with Crippen molar-refractivity contribution >= 4 is 27.3 Å². The minimum absolute atomic E-state index is 0.0495. The normalized spacial score (nSPS) is 15.2. The molecule has 1 saturated heterocycles. The summed E-state index contributed by atoms with van der Waals surface area (Å²) in [5, 5.41) is 11.3. The fraction of sp³-hybridized carbons (Fsp3) is 0.409. The molecule has 4 rings (SSSR count). The van der Waals surface area contributed by atoms with Gasteiger partial charge in [-0.3, -0.25) is 4.79 Å². The number of piperidine rings is 1. The first-order valence-corrected chi connectivity index (χ1v) is 10.6. The lowest BCUT2D eigenvalue weighted by atomic mass is 10.1. The highest BCUT2D eigenvalue weighted by atomic mass is 32.1. The zero-order valence-corrected chi connectivity index (χ0v) is 17.2. The predicted molar refractivity (Wildman–Crippen MR) is 113 cm³/mol. The molecule has 28 heavy (non-hydrogen) atoms. The minimum Gasteiger partial charge on any atom is -0.507 e. The smallest absolute Gasteiger partial charge is 0.206 e. The molecule has 1 fully saturated rings. The number of rotatable bonds is 6. The van der Waals surface area contributed by atoms with Gasteiger partial charge >= 0.3 is 0 Å². The van der Waals surface area contributed by atoms with Gasteiger partial charge in [-0.1, -0.05) is 6.42 Å². The van der Waals surface area contributed by atoms with E-state index < -0.39 is 0 Å². The first-order chi connectivity index (χ1) is 13.6. The van der Waals surface area contributed by atoms with Gasteiger partial charge in [-0.2, -0.15) is 0 Å². The van der Waals surface area contributed by atoms with Crippen LogP contribution in [0, 0.1) is 6.92 Å². The molecule has 148 valence electrons. The molecule has 6 heteroatoms. The molecule has 0 bridgehead atoms. The van der Waals surface area contributed by atoms with Crippen LogP contribution in [0.5, 0.6) is 11.5 Å². The number of phenolic OH excluding ortho intramolecular Hbond substituents is 1. The molecule has 0 saturated carbocycles. The van der Waals surface area contributed by atoms with E-state index in [1.807, 2.05) is 6.07 Å². The van der Waals surface area contributed by atoms with Crippen LogP contribution in [0.1, 0.15) is 40.2 Å². The van der Waals surface area contributed by atoms with E-state index in [9.17, 15) is 9.90 Å². The van der Waals surface area contributed by atoms with Gasteiger partial charge in [-0.05, 0) is 57.1 Å². The Labute approximate surface area is 169 Å². The van der Waals surface area contributed by atoms with Crippen LogP contribution in [-0.2, 0) is 6.54 Å². The van der Waals surface area contributed by atoms with Crippen LogP contribution in [0.2, 0.25) is 0 Å². The summed E-state index contributed by atoms with van der Waals surface area (Å²) in [6, 6.07) is 8.88. The van der Waals surface area contributed by atoms with Crippen LogP contribution in [0.25, 0.3) is 10.2 Å². The van der Waals surface area contributed by atoms with Crippen molar-refractivity contribution in [3.8, 4) is 11.5 Å². The molecular weight excluding hydrogens is 372 g/mol. The Balaban J connectivity index is 1.57. The Hall–Kier alpha value is -2.31. The molecule has 1 aliphatic rings. The topological polar surface area (TPSA) is 54.7 Å². The van der Waals surface area contributed by atoms with Crippen LogP contribution in [-0.4, -0.2) is 47.1 Å². The van der Waals surface area contributed by atoms with E-state index in [2.05, 4.69) is 22.5 Å². The monoisotopic (exact) mass is 398 g/mol. The number of aryl methyl sites for hydroxylation is 1. The molecule has 0 aliphatic carbocycles. The summed E-state index contributed by atoms with van der Waals surface area (Å²) in [6.45, 7) is 6.49. The van der Waals surface area contributed by atoms with Crippen molar-refractivity contribution in [2.24, 2.45) is 0 Å². The lowest BCUT2D eigenvalue weighted by Crippen LogP contribution is -2.32. The van der Waals surface area contributed by atoms with Gasteiger partial charge in [-0.25, -0.2) is 0 Å². The number of phenols is 1. The molecule has 0 amide bonds. The van der Waals surface area contributed by atoms with Gasteiger partial charge in [-0.15, -0.1) is 11.3 Å². The zero-order chi connectivity index (χ0) is 19.7. The van der Waals surface area contributed by atoms with E-state index in [4.69, 9.17) is 4.74 Å². The number of methoxy groups -OCH3 is 1. The molecular formula is C22H26N2O3S. The lowest BCUT2D eigenvalue weighted by molar-refractivity contribution is 0.104. The number of carbonyl (C=O) groups is 1. The largest absolute Gasteiger partial charge is 0.507 e. The standard InChI is InChI=1S/C22H26N2O3S/c1-15-12-16-13-20(21(26)18-7-6-17(27-2)14-19(18)25)28-22(16)24(15)11-10-23-8-4-3-5-9-23/h6-7,12-14,25H,3-5,8-11H2,1-2H3. The maximum absolute atomic E-state index is 12.9. The number of nitrogens with zero attached hydrogens (tertiary/aromatic N) is 2. The first-order valence-electron chi connectivity index (χ1n) is 9.80. The molecule has 2 aromatic heterocycles. The fourth-order valence-corrected chi connectivity index (χ4v) is 5.13. The highest BCUT2D eigenvalue weighted by molar-refractivity contribution is 7.20. The van der Waals surface area contributed by atoms with E-state index in [1.54, 1.807) is 12.1 Å². The van der Waals surface area contributed by atoms with Gasteiger partial charge in [0.2, 0.25) is 5.78 Å². The molecule has 3 aromatic rings. The number of hydrogen-bond acceptors (Lipinski definition) is 5. The number of fused-ring (bicyclic) bond motifs is 1. The molecule has 1 aliphatic heterocycles. The Morgan fingerprint density at radius 3 is 2.64 bits per heavy atom. The minimum atomic E-state index is -0.151. The number of aromatic nitrogens is 1. The second kappa shape index (κ2) is 7.97. The maximum Gasteiger partial charge on any atom is 0.206 e. The third-order valence-electron chi connectivity index (χ3n) is 5.54. The molecule has 1 aromatic carbocycles. The van der Waals surface area contributed by atoms with E-state index in [1.165, 1.54) is 62.6 Å². The molecule has 1 N–H and O–H groups in total. The Morgan fingerprint density at radius 2 is 1.93 bits per heavy atom. The van der Waals surface area contributed by atoms with Crippen LogP contribution in [0.4, 0.5) is 0 Å². The van der Waals surface area contributed by atoms with Gasteiger partial charge in [0, 0.05) is 30.2 Å². The van der Waals surface area contributed by atoms with Gasteiger partial charge < -0.3 is 19.3 Å². The first kappa shape index (κ1) is 19.0. The summed E-state index contributed by atoms with van der Waals surface area (Å²) >= 11 is 1.51. The van der Waals surface area contributed by atoms with Gasteiger partial charge in [0.15, 0.2) is 0 Å². The van der Waals surface area contributed by atoms with Crippen molar-refractivity contribution in [2.75, 3.05) is 26.7 Å². The maximum atomic E-state index is 12.9. The quantitative estimate of drug-likeness (QED) is 0.624. The Bertz CT molecular complexity index is 999. The van der Waals surface area contributed by atoms with Gasteiger partial charge in [0.25, 0.3) is 0 Å². The molecule has 0 unspecified atom stereocenters. The van der Waals surface area contributed by atoms with Crippen LogP contribution < -0.4 is 4.74 Å². The number of ether oxygens (including phenoxy) is 1. The Kier molecular flexibility index (Phi) is 5.42. The number of likely N-dealkylation sites (tertiary alicyclic amines) is 1. The molecule has 3 heterocycles. The summed E-state index contributed by atoms with van der Waals surface area (Å²) < 4.78 is 7.42. The summed E-state index contributed by atoms with van der Waals surface area (Å²) in [4.78, 5) is 17.2. The van der Waals surface area contributed by atoms with Gasteiger partial charge in [0.05, 0.1) is 17.6 Å². The van der Waals surface area contributed by atoms with Crippen molar-refractivity contribution in [1.29, 1.82) is 0 Å². The second-order valence-corrected chi connectivity index (χ2v) is 8.45. The SMILES string of the molecule is COc1ccc(C(=O)c2cc3cc(C)n(CCN4CCCCC4)c3s2)c(O)c1. The fourth-order valence-electron chi connectivity index (χ4n) is 3.95. The van der Waals surface area contributed by atoms with E-state index in [0.717, 1.165) is 23.3 Å². The number of aromatic hydroxyl groups is 1. The lowest BCUT2D eigenvalue weighted by Gasteiger charge is -2.26. The van der Waals surface area contributed by atoms with E-state index >= 15 is 0 Å². The van der Waals surface area contributed by atoms with Crippen LogP contribution in [0.3, 0.4) is 0 Å². The average Bonchev–Trinajstić information content (AvgIpc) is 3.23. The Morgan fingerprint density at radius 1 is 1.14 bits per heavy atom.